The summed E-state index contributed by atoms with van der Waals surface area (Å²) in [4.78, 5) is 15.2. The molecule has 0 amide bonds. The molecule has 0 aliphatic carbocycles. The van der Waals surface area contributed by atoms with Gasteiger partial charge in [0.1, 0.15) is 6.07 Å². The van der Waals surface area contributed by atoms with Crippen LogP contribution in [0, 0.1) is 25.2 Å². The predicted molar refractivity (Wildman–Crippen MR) is 48.4 cm³/mol. The van der Waals surface area contributed by atoms with Crippen LogP contribution in [0.5, 0.6) is 0 Å². The van der Waals surface area contributed by atoms with E-state index in [1.54, 1.807) is 19.9 Å². The molecule has 3 heteroatoms. The van der Waals surface area contributed by atoms with E-state index in [2.05, 4.69) is 4.98 Å². The third kappa shape index (κ3) is 1.73. The minimum absolute atomic E-state index is 0.0542. The molecular formula is C10H10N2O. The average Bonchev–Trinajstić information content (AvgIpc) is 2.03. The van der Waals surface area contributed by atoms with Crippen LogP contribution in [0.1, 0.15) is 34.2 Å². The van der Waals surface area contributed by atoms with Gasteiger partial charge in [-0.3, -0.25) is 9.78 Å². The maximum atomic E-state index is 11.1. The summed E-state index contributed by atoms with van der Waals surface area (Å²) >= 11 is 0. The van der Waals surface area contributed by atoms with Crippen molar-refractivity contribution < 1.29 is 4.79 Å². The fraction of sp³-hybridized carbons (Fsp3) is 0.300. The van der Waals surface area contributed by atoms with Gasteiger partial charge in [0.2, 0.25) is 0 Å². The summed E-state index contributed by atoms with van der Waals surface area (Å²) in [6.07, 6.45) is 0. The topological polar surface area (TPSA) is 53.8 Å². The highest BCUT2D eigenvalue weighted by atomic mass is 16.1. The van der Waals surface area contributed by atoms with E-state index in [1.165, 1.54) is 6.92 Å². The molecule has 3 nitrogen and oxygen atoms in total. The molecule has 0 saturated heterocycles. The number of carbonyl (C=O) groups excluding carboxylic acids is 1. The van der Waals surface area contributed by atoms with Crippen LogP contribution in [0.4, 0.5) is 0 Å². The number of pyridine rings is 1. The van der Waals surface area contributed by atoms with Crippen molar-refractivity contribution in [3.05, 3.63) is 28.6 Å². The van der Waals surface area contributed by atoms with Gasteiger partial charge in [-0.1, -0.05) is 0 Å². The standard InChI is InChI=1S/C10H10N2O/c1-6-9(5-11)4-10(8(3)13)7(2)12-6/h4H,1-3H3. The molecule has 1 aromatic heterocycles. The first-order chi connectivity index (χ1) is 6.06. The lowest BCUT2D eigenvalue weighted by Crippen LogP contribution is -2.02. The Morgan fingerprint density at radius 3 is 2.54 bits per heavy atom. The number of nitrogens with zero attached hydrogens (tertiary/aromatic N) is 2. The molecule has 1 rings (SSSR count). The number of aryl methyl sites for hydroxylation is 2. The largest absolute Gasteiger partial charge is 0.294 e. The Morgan fingerprint density at radius 2 is 2.08 bits per heavy atom. The van der Waals surface area contributed by atoms with E-state index in [4.69, 9.17) is 5.26 Å². The summed E-state index contributed by atoms with van der Waals surface area (Å²) in [6.45, 7) is 5.00. The average molecular weight is 174 g/mol. The van der Waals surface area contributed by atoms with Crippen LogP contribution in [0.15, 0.2) is 6.07 Å². The molecule has 66 valence electrons. The Bertz CT molecular complexity index is 402. The molecule has 0 saturated carbocycles. The Kier molecular flexibility index (Phi) is 2.43. The van der Waals surface area contributed by atoms with Crippen molar-refractivity contribution in [2.24, 2.45) is 0 Å². The van der Waals surface area contributed by atoms with Crippen molar-refractivity contribution in [2.75, 3.05) is 0 Å². The molecule has 1 heterocycles. The van der Waals surface area contributed by atoms with E-state index in [0.717, 1.165) is 0 Å². The van der Waals surface area contributed by atoms with Crippen LogP contribution in [-0.4, -0.2) is 10.8 Å². The summed E-state index contributed by atoms with van der Waals surface area (Å²) in [5.74, 6) is -0.0542. The zero-order chi connectivity index (χ0) is 10.0. The first-order valence-corrected chi connectivity index (χ1v) is 3.95. The smallest absolute Gasteiger partial charge is 0.161 e. The van der Waals surface area contributed by atoms with E-state index in [1.807, 2.05) is 6.07 Å². The molecule has 1 aromatic rings. The summed E-state index contributed by atoms with van der Waals surface area (Å²) in [7, 11) is 0. The van der Waals surface area contributed by atoms with Gasteiger partial charge in [-0.2, -0.15) is 5.26 Å². The lowest BCUT2D eigenvalue weighted by atomic mass is 10.1. The Morgan fingerprint density at radius 1 is 1.46 bits per heavy atom. The zero-order valence-electron chi connectivity index (χ0n) is 7.88. The number of Topliss-reactive ketones (excluding diaryl/α,β-unsaturated/α-hetero) is 1. The maximum absolute atomic E-state index is 11.1. The summed E-state index contributed by atoms with van der Waals surface area (Å²) in [5, 5.41) is 8.71. The van der Waals surface area contributed by atoms with Gasteiger partial charge in [-0.25, -0.2) is 0 Å². The van der Waals surface area contributed by atoms with Crippen molar-refractivity contribution >= 4 is 5.78 Å². The van der Waals surface area contributed by atoms with E-state index < -0.39 is 0 Å². The lowest BCUT2D eigenvalue weighted by Gasteiger charge is -2.03. The monoisotopic (exact) mass is 174 g/mol. The van der Waals surface area contributed by atoms with Crippen LogP contribution in [0.2, 0.25) is 0 Å². The number of nitriles is 1. The second-order valence-electron chi connectivity index (χ2n) is 2.92. The maximum Gasteiger partial charge on any atom is 0.161 e. The fourth-order valence-electron chi connectivity index (χ4n) is 1.19. The lowest BCUT2D eigenvalue weighted by molar-refractivity contribution is 0.101. The number of hydrogen-bond donors (Lipinski definition) is 0. The third-order valence-electron chi connectivity index (χ3n) is 1.90. The first kappa shape index (κ1) is 9.40. The molecule has 0 aliphatic rings. The van der Waals surface area contributed by atoms with Crippen molar-refractivity contribution in [3.63, 3.8) is 0 Å². The molecule has 0 aliphatic heterocycles. The normalized spacial score (nSPS) is 9.38. The number of carbonyl (C=O) groups is 1. The number of aromatic nitrogens is 1. The Labute approximate surface area is 77.0 Å². The number of rotatable bonds is 1. The number of ketones is 1. The second-order valence-corrected chi connectivity index (χ2v) is 2.92. The highest BCUT2D eigenvalue weighted by Crippen LogP contribution is 2.11. The summed E-state index contributed by atoms with van der Waals surface area (Å²) < 4.78 is 0. The van der Waals surface area contributed by atoms with Gasteiger partial charge in [0.25, 0.3) is 0 Å². The molecule has 0 bridgehead atoms. The molecule has 0 radical (unpaired) electrons. The molecule has 0 aromatic carbocycles. The van der Waals surface area contributed by atoms with E-state index in [0.29, 0.717) is 22.5 Å². The quantitative estimate of drug-likeness (QED) is 0.610. The van der Waals surface area contributed by atoms with Crippen molar-refractivity contribution in [1.82, 2.24) is 4.98 Å². The van der Waals surface area contributed by atoms with Crippen molar-refractivity contribution in [2.45, 2.75) is 20.8 Å². The van der Waals surface area contributed by atoms with E-state index in [-0.39, 0.29) is 5.78 Å². The molecule has 0 spiro atoms. The van der Waals surface area contributed by atoms with Crippen LogP contribution in [0.25, 0.3) is 0 Å². The van der Waals surface area contributed by atoms with Gasteiger partial charge in [0.05, 0.1) is 11.3 Å². The SMILES string of the molecule is CC(=O)c1cc(C#N)c(C)nc1C. The fourth-order valence-corrected chi connectivity index (χ4v) is 1.19. The second kappa shape index (κ2) is 3.36. The van der Waals surface area contributed by atoms with Crippen molar-refractivity contribution in [1.29, 1.82) is 5.26 Å². The molecular weight excluding hydrogens is 164 g/mol. The van der Waals surface area contributed by atoms with Crippen LogP contribution in [0.3, 0.4) is 0 Å². The molecule has 0 atom stereocenters. The Balaban J connectivity index is 3.41. The van der Waals surface area contributed by atoms with Gasteiger partial charge in [-0.15, -0.1) is 0 Å². The van der Waals surface area contributed by atoms with E-state index in [9.17, 15) is 4.79 Å². The predicted octanol–water partition coefficient (Wildman–Crippen LogP) is 1.77. The number of hydrogen-bond acceptors (Lipinski definition) is 3. The van der Waals surface area contributed by atoms with Crippen LogP contribution >= 0.6 is 0 Å². The van der Waals surface area contributed by atoms with Crippen LogP contribution in [-0.2, 0) is 0 Å². The first-order valence-electron chi connectivity index (χ1n) is 3.95. The minimum atomic E-state index is -0.0542. The third-order valence-corrected chi connectivity index (χ3v) is 1.90. The van der Waals surface area contributed by atoms with Gasteiger partial charge >= 0.3 is 0 Å². The van der Waals surface area contributed by atoms with Crippen LogP contribution < -0.4 is 0 Å². The zero-order valence-corrected chi connectivity index (χ0v) is 7.88. The van der Waals surface area contributed by atoms with Gasteiger partial charge in [0, 0.05) is 11.3 Å². The molecule has 0 N–H and O–H groups in total. The van der Waals surface area contributed by atoms with Crippen molar-refractivity contribution in [3.8, 4) is 6.07 Å². The van der Waals surface area contributed by atoms with Gasteiger partial charge in [-0.05, 0) is 26.8 Å². The Hall–Kier alpha value is -1.69. The highest BCUT2D eigenvalue weighted by Gasteiger charge is 2.08. The van der Waals surface area contributed by atoms with Gasteiger partial charge in [0.15, 0.2) is 5.78 Å². The molecule has 0 unspecified atom stereocenters. The van der Waals surface area contributed by atoms with Gasteiger partial charge < -0.3 is 0 Å². The minimum Gasteiger partial charge on any atom is -0.294 e. The highest BCUT2D eigenvalue weighted by molar-refractivity contribution is 5.95. The summed E-state index contributed by atoms with van der Waals surface area (Å²) in [5.41, 5.74) is 2.35. The molecule has 0 fully saturated rings. The molecule has 13 heavy (non-hydrogen) atoms. The summed E-state index contributed by atoms with van der Waals surface area (Å²) in [6, 6.07) is 3.60. The van der Waals surface area contributed by atoms with E-state index >= 15 is 0 Å².